The van der Waals surface area contributed by atoms with Crippen molar-refractivity contribution >= 4 is 23.3 Å². The summed E-state index contributed by atoms with van der Waals surface area (Å²) in [7, 11) is 1.50. The molecule has 0 aliphatic heterocycles. The van der Waals surface area contributed by atoms with Crippen molar-refractivity contribution in [2.24, 2.45) is 12.1 Å². The molecule has 3 rings (SSSR count). The normalized spacial score (nSPS) is 12.8. The fraction of sp³-hybridized carbons (Fsp3) is 0.267. The number of hydrogen-bond donors (Lipinski definition) is 3. The largest absolute Gasteiger partial charge is 0.392 e. The number of imidazole rings is 1. The van der Waals surface area contributed by atoms with E-state index in [4.69, 9.17) is 0 Å². The predicted octanol–water partition coefficient (Wildman–Crippen LogP) is -0.355. The monoisotopic (exact) mass is 343 g/mol. The van der Waals surface area contributed by atoms with Gasteiger partial charge in [0.05, 0.1) is 18.9 Å². The van der Waals surface area contributed by atoms with Gasteiger partial charge in [-0.05, 0) is 24.6 Å². The van der Waals surface area contributed by atoms with Crippen LogP contribution < -0.4 is 16.7 Å². The van der Waals surface area contributed by atoms with Gasteiger partial charge in [-0.25, -0.2) is 10.2 Å². The number of aliphatic hydroxyl groups is 1. The number of pyridine rings is 1. The zero-order valence-corrected chi connectivity index (χ0v) is 13.7. The molecule has 0 radical (unpaired) electrons. The average molecular weight is 343 g/mol. The van der Waals surface area contributed by atoms with Gasteiger partial charge in [-0.3, -0.25) is 19.3 Å². The van der Waals surface area contributed by atoms with Crippen molar-refractivity contribution in [2.75, 3.05) is 5.43 Å². The lowest BCUT2D eigenvalue weighted by Gasteiger charge is -2.09. The molecule has 1 unspecified atom stereocenters. The molecule has 1 atom stereocenters. The van der Waals surface area contributed by atoms with Crippen LogP contribution in [0, 0.1) is 0 Å². The number of nitrogens with zero attached hydrogens (tertiary/aromatic N) is 5. The quantitative estimate of drug-likeness (QED) is 0.429. The van der Waals surface area contributed by atoms with Crippen molar-refractivity contribution in [3.05, 3.63) is 50.9 Å². The zero-order chi connectivity index (χ0) is 18.0. The van der Waals surface area contributed by atoms with Gasteiger partial charge in [-0.2, -0.15) is 10.1 Å². The van der Waals surface area contributed by atoms with E-state index in [9.17, 15) is 14.7 Å². The minimum absolute atomic E-state index is 0.116. The van der Waals surface area contributed by atoms with E-state index in [1.54, 1.807) is 37.7 Å². The second-order valence-electron chi connectivity index (χ2n) is 5.54. The van der Waals surface area contributed by atoms with Crippen molar-refractivity contribution in [3.8, 4) is 0 Å². The van der Waals surface area contributed by atoms with Crippen LogP contribution in [0.4, 0.5) is 5.95 Å². The molecule has 0 saturated heterocycles. The van der Waals surface area contributed by atoms with Crippen molar-refractivity contribution in [2.45, 2.75) is 19.6 Å². The van der Waals surface area contributed by atoms with E-state index in [1.165, 1.54) is 16.2 Å². The van der Waals surface area contributed by atoms with Gasteiger partial charge < -0.3 is 9.67 Å². The third-order valence-corrected chi connectivity index (χ3v) is 3.54. The number of hydrazone groups is 1. The highest BCUT2D eigenvalue weighted by atomic mass is 16.3. The van der Waals surface area contributed by atoms with E-state index >= 15 is 0 Å². The molecule has 25 heavy (non-hydrogen) atoms. The van der Waals surface area contributed by atoms with Gasteiger partial charge in [0.15, 0.2) is 11.2 Å². The number of anilines is 1. The molecule has 0 saturated carbocycles. The first-order valence-corrected chi connectivity index (χ1v) is 7.54. The van der Waals surface area contributed by atoms with Crippen LogP contribution in [0.25, 0.3) is 11.2 Å². The summed E-state index contributed by atoms with van der Waals surface area (Å²) < 4.78 is 2.72. The minimum atomic E-state index is -0.723. The molecule has 0 fully saturated rings. The summed E-state index contributed by atoms with van der Waals surface area (Å²) in [5.74, 6) is 0.243. The van der Waals surface area contributed by atoms with E-state index in [0.29, 0.717) is 0 Å². The molecular weight excluding hydrogens is 326 g/mol. The molecule has 0 aliphatic rings. The van der Waals surface area contributed by atoms with Crippen molar-refractivity contribution in [1.29, 1.82) is 0 Å². The molecule has 0 bridgehead atoms. The highest BCUT2D eigenvalue weighted by molar-refractivity contribution is 5.80. The van der Waals surface area contributed by atoms with Gasteiger partial charge >= 0.3 is 5.69 Å². The Balaban J connectivity index is 2.06. The number of aliphatic hydroxyl groups excluding tert-OH is 1. The molecule has 130 valence electrons. The number of hydrogen-bond acceptors (Lipinski definition) is 7. The van der Waals surface area contributed by atoms with E-state index in [2.05, 4.69) is 25.5 Å². The molecule has 0 aliphatic carbocycles. The van der Waals surface area contributed by atoms with Gasteiger partial charge in [0.1, 0.15) is 0 Å². The molecular formula is C15H17N7O3. The number of H-pyrrole nitrogens is 1. The summed E-state index contributed by atoms with van der Waals surface area (Å²) in [4.78, 5) is 34.3. The average Bonchev–Trinajstić information content (AvgIpc) is 2.92. The fourth-order valence-electron chi connectivity index (χ4n) is 2.38. The topological polar surface area (TPSA) is 130 Å². The van der Waals surface area contributed by atoms with Crippen molar-refractivity contribution in [3.63, 3.8) is 0 Å². The molecule has 3 aromatic rings. The summed E-state index contributed by atoms with van der Waals surface area (Å²) in [6, 6.07) is 3.55. The lowest BCUT2D eigenvalue weighted by molar-refractivity contribution is 0.175. The Hall–Kier alpha value is -3.27. The van der Waals surface area contributed by atoms with Crippen LogP contribution in [0.3, 0.4) is 0 Å². The highest BCUT2D eigenvalue weighted by Gasteiger charge is 2.18. The first-order chi connectivity index (χ1) is 12.0. The fourth-order valence-corrected chi connectivity index (χ4v) is 2.38. The predicted molar refractivity (Wildman–Crippen MR) is 92.7 cm³/mol. The van der Waals surface area contributed by atoms with Crippen LogP contribution in [0.1, 0.15) is 12.5 Å². The minimum Gasteiger partial charge on any atom is -0.392 e. The van der Waals surface area contributed by atoms with Gasteiger partial charge in [-0.15, -0.1) is 0 Å². The summed E-state index contributed by atoms with van der Waals surface area (Å²) in [5, 5.41) is 13.8. The number of rotatable bonds is 5. The van der Waals surface area contributed by atoms with Crippen LogP contribution in [-0.4, -0.2) is 41.5 Å². The van der Waals surface area contributed by atoms with E-state index in [0.717, 1.165) is 5.56 Å². The number of aryl methyl sites for hydroxylation is 1. The smallest absolute Gasteiger partial charge is 0.329 e. The first-order valence-electron chi connectivity index (χ1n) is 7.54. The molecule has 3 heterocycles. The Morgan fingerprint density at radius 2 is 2.12 bits per heavy atom. The molecule has 0 spiro atoms. The first kappa shape index (κ1) is 16.6. The van der Waals surface area contributed by atoms with Crippen molar-refractivity contribution < 1.29 is 5.11 Å². The maximum Gasteiger partial charge on any atom is 0.329 e. The van der Waals surface area contributed by atoms with Crippen LogP contribution in [0.15, 0.2) is 39.2 Å². The number of nitrogens with one attached hydrogen (secondary N) is 2. The van der Waals surface area contributed by atoms with Gasteiger partial charge in [0.2, 0.25) is 5.95 Å². The van der Waals surface area contributed by atoms with Gasteiger partial charge in [0, 0.05) is 19.4 Å². The number of fused-ring (bicyclic) bond motifs is 1. The molecule has 3 N–H and O–H groups in total. The zero-order valence-electron chi connectivity index (χ0n) is 13.7. The van der Waals surface area contributed by atoms with Gasteiger partial charge in [0.25, 0.3) is 5.56 Å². The number of aromatic amines is 1. The summed E-state index contributed by atoms with van der Waals surface area (Å²) in [5.41, 5.74) is 2.83. The van der Waals surface area contributed by atoms with E-state index < -0.39 is 17.4 Å². The van der Waals surface area contributed by atoms with Crippen LogP contribution >= 0.6 is 0 Å². The van der Waals surface area contributed by atoms with E-state index in [1.807, 2.05) is 0 Å². The van der Waals surface area contributed by atoms with Crippen molar-refractivity contribution in [1.82, 2.24) is 24.1 Å². The molecule has 3 aromatic heterocycles. The maximum absolute atomic E-state index is 12.2. The Bertz CT molecular complexity index is 1030. The third-order valence-electron chi connectivity index (χ3n) is 3.54. The van der Waals surface area contributed by atoms with Crippen LogP contribution in [-0.2, 0) is 13.6 Å². The lowest BCUT2D eigenvalue weighted by Crippen LogP contribution is -2.29. The Morgan fingerprint density at radius 1 is 1.40 bits per heavy atom. The summed E-state index contributed by atoms with van der Waals surface area (Å²) in [6.45, 7) is 1.71. The highest BCUT2D eigenvalue weighted by Crippen LogP contribution is 2.16. The Morgan fingerprint density at radius 3 is 2.80 bits per heavy atom. The Kier molecular flexibility index (Phi) is 4.44. The maximum atomic E-state index is 12.2. The molecule has 0 amide bonds. The SMILES string of the molecule is CC(O)Cn1c(NN=Cc2ccncc2)nc2c1c(=O)[nH]c(=O)n2C. The second kappa shape index (κ2) is 6.69. The van der Waals surface area contributed by atoms with Gasteiger partial charge in [-0.1, -0.05) is 0 Å². The molecule has 10 nitrogen and oxygen atoms in total. The van der Waals surface area contributed by atoms with Crippen LogP contribution in [0.2, 0.25) is 0 Å². The summed E-state index contributed by atoms with van der Waals surface area (Å²) in [6.07, 6.45) is 4.12. The molecule has 0 aromatic carbocycles. The third kappa shape index (κ3) is 3.33. The summed E-state index contributed by atoms with van der Waals surface area (Å²) >= 11 is 0. The Labute approximate surface area is 141 Å². The standard InChI is InChI=1S/C15H17N7O3/c1-9(23)8-22-11-12(21(2)15(25)19-13(11)24)18-14(22)20-17-7-10-3-5-16-6-4-10/h3-7,9,23H,8H2,1-2H3,(H,18,20)(H,19,24,25). The molecule has 10 heteroatoms. The van der Waals surface area contributed by atoms with E-state index in [-0.39, 0.29) is 23.7 Å². The van der Waals surface area contributed by atoms with Crippen LogP contribution in [0.5, 0.6) is 0 Å². The lowest BCUT2D eigenvalue weighted by atomic mass is 10.3. The second-order valence-corrected chi connectivity index (χ2v) is 5.54. The number of aromatic nitrogens is 5.